The summed E-state index contributed by atoms with van der Waals surface area (Å²) >= 11 is 0. The molecular formula is C14H21N3. The maximum Gasteiger partial charge on any atom is 0.150 e. The predicted molar refractivity (Wildman–Crippen MR) is 73.4 cm³/mol. The highest BCUT2D eigenvalue weighted by molar-refractivity contribution is 6.30. The van der Waals surface area contributed by atoms with E-state index in [4.69, 9.17) is 4.99 Å². The number of hydrogen-bond donors (Lipinski definition) is 0. The first-order chi connectivity index (χ1) is 7.82. The molecule has 2 rings (SSSR count). The molecule has 0 bridgehead atoms. The van der Waals surface area contributed by atoms with Gasteiger partial charge in [-0.1, -0.05) is 13.8 Å². The molecule has 2 aliphatic rings. The van der Waals surface area contributed by atoms with Crippen LogP contribution in [0.15, 0.2) is 34.5 Å². The third kappa shape index (κ3) is 2.33. The number of rotatable bonds is 1. The molecule has 0 spiro atoms. The smallest absolute Gasteiger partial charge is 0.150 e. The van der Waals surface area contributed by atoms with Gasteiger partial charge in [-0.15, -0.1) is 0 Å². The molecule has 17 heavy (non-hydrogen) atoms. The van der Waals surface area contributed by atoms with Crippen LogP contribution < -0.4 is 0 Å². The van der Waals surface area contributed by atoms with Crippen LogP contribution in [0, 0.1) is 5.92 Å². The molecule has 1 unspecified atom stereocenters. The zero-order valence-electron chi connectivity index (χ0n) is 11.3. The van der Waals surface area contributed by atoms with E-state index < -0.39 is 0 Å². The van der Waals surface area contributed by atoms with E-state index in [9.17, 15) is 0 Å². The fourth-order valence-corrected chi connectivity index (χ4v) is 1.72. The summed E-state index contributed by atoms with van der Waals surface area (Å²) in [6.45, 7) is 10.7. The molecule has 92 valence electrons. The summed E-state index contributed by atoms with van der Waals surface area (Å²) in [6.07, 6.45) is 10.3. The summed E-state index contributed by atoms with van der Waals surface area (Å²) in [5.41, 5.74) is -0.276. The fourth-order valence-electron chi connectivity index (χ4n) is 1.72. The molecule has 0 aliphatic carbocycles. The van der Waals surface area contributed by atoms with E-state index in [1.165, 1.54) is 0 Å². The summed E-state index contributed by atoms with van der Waals surface area (Å²) in [5.74, 6) is 1.40. The highest BCUT2D eigenvalue weighted by Gasteiger charge is 2.29. The third-order valence-electron chi connectivity index (χ3n) is 3.52. The lowest BCUT2D eigenvalue weighted by atomic mass is 9.88. The lowest BCUT2D eigenvalue weighted by Crippen LogP contribution is -2.36. The number of amidine groups is 1. The summed E-state index contributed by atoms with van der Waals surface area (Å²) in [7, 11) is 0. The monoisotopic (exact) mass is 231 g/mol. The lowest BCUT2D eigenvalue weighted by molar-refractivity contribution is 0.408. The predicted octanol–water partition coefficient (Wildman–Crippen LogP) is 3.01. The van der Waals surface area contributed by atoms with Gasteiger partial charge < -0.3 is 4.90 Å². The molecule has 0 saturated carbocycles. The van der Waals surface area contributed by atoms with Crippen LogP contribution in [0.2, 0.25) is 0 Å². The van der Waals surface area contributed by atoms with E-state index in [-0.39, 0.29) is 11.1 Å². The van der Waals surface area contributed by atoms with Crippen LogP contribution >= 0.6 is 0 Å². The molecule has 0 aromatic rings. The first kappa shape index (κ1) is 12.1. The van der Waals surface area contributed by atoms with Crippen molar-refractivity contribution in [3.63, 3.8) is 0 Å². The van der Waals surface area contributed by atoms with Crippen molar-refractivity contribution in [3.8, 4) is 0 Å². The Hall–Kier alpha value is -1.38. The van der Waals surface area contributed by atoms with Crippen LogP contribution in [-0.2, 0) is 0 Å². The van der Waals surface area contributed by atoms with Gasteiger partial charge in [0.25, 0.3) is 0 Å². The molecule has 0 aromatic heterocycles. The quantitative estimate of drug-likeness (QED) is 0.681. The normalized spacial score (nSPS) is 30.2. The van der Waals surface area contributed by atoms with Crippen LogP contribution in [0.5, 0.6) is 0 Å². The minimum Gasteiger partial charge on any atom is -0.308 e. The lowest BCUT2D eigenvalue weighted by Gasteiger charge is -2.32. The Labute approximate surface area is 104 Å². The van der Waals surface area contributed by atoms with E-state index in [0.29, 0.717) is 5.92 Å². The Balaban J connectivity index is 2.39. The largest absolute Gasteiger partial charge is 0.308 e. The molecule has 0 aromatic carbocycles. The molecule has 0 fully saturated rings. The minimum absolute atomic E-state index is 0.125. The van der Waals surface area contributed by atoms with Crippen molar-refractivity contribution >= 4 is 12.1 Å². The number of nitrogens with zero attached hydrogens (tertiary/aromatic N) is 3. The van der Waals surface area contributed by atoms with Crippen molar-refractivity contribution in [3.05, 3.63) is 24.6 Å². The SMILES string of the molecule is CC(C)C1(C)C=CN2C=CC(C)(C)N=CC2=N1. The molecule has 0 N–H and O–H groups in total. The van der Waals surface area contributed by atoms with E-state index in [0.717, 1.165) is 5.84 Å². The second-order valence-corrected chi connectivity index (χ2v) is 5.80. The van der Waals surface area contributed by atoms with Gasteiger partial charge in [0.15, 0.2) is 5.84 Å². The molecule has 3 heteroatoms. The first-order valence-corrected chi connectivity index (χ1v) is 6.15. The first-order valence-electron chi connectivity index (χ1n) is 6.15. The van der Waals surface area contributed by atoms with Crippen LogP contribution in [0.3, 0.4) is 0 Å². The molecule has 0 amide bonds. The Kier molecular flexibility index (Phi) is 2.72. The van der Waals surface area contributed by atoms with Gasteiger partial charge in [-0.2, -0.15) is 0 Å². The summed E-state index contributed by atoms with van der Waals surface area (Å²) in [6, 6.07) is 0. The molecule has 1 atom stereocenters. The molecule has 2 aliphatic heterocycles. The van der Waals surface area contributed by atoms with E-state index in [1.807, 2.05) is 17.3 Å². The maximum atomic E-state index is 4.82. The number of hydrogen-bond acceptors (Lipinski definition) is 3. The summed E-state index contributed by atoms with van der Waals surface area (Å²) in [4.78, 5) is 11.4. The van der Waals surface area contributed by atoms with Gasteiger partial charge in [-0.05, 0) is 38.8 Å². The van der Waals surface area contributed by atoms with Crippen LogP contribution in [0.25, 0.3) is 0 Å². The molecule has 3 nitrogen and oxygen atoms in total. The average Bonchev–Trinajstić information content (AvgIpc) is 2.38. The van der Waals surface area contributed by atoms with Gasteiger partial charge in [0.1, 0.15) is 0 Å². The van der Waals surface area contributed by atoms with Crippen molar-refractivity contribution in [1.82, 2.24) is 4.90 Å². The molecular weight excluding hydrogens is 210 g/mol. The highest BCUT2D eigenvalue weighted by Crippen LogP contribution is 2.28. The van der Waals surface area contributed by atoms with Crippen molar-refractivity contribution in [2.24, 2.45) is 15.9 Å². The Morgan fingerprint density at radius 3 is 2.41 bits per heavy atom. The van der Waals surface area contributed by atoms with Gasteiger partial charge in [-0.3, -0.25) is 9.98 Å². The molecule has 0 radical (unpaired) electrons. The second-order valence-electron chi connectivity index (χ2n) is 5.80. The van der Waals surface area contributed by atoms with Crippen molar-refractivity contribution in [2.45, 2.75) is 45.7 Å². The van der Waals surface area contributed by atoms with Crippen LogP contribution in [0.4, 0.5) is 0 Å². The van der Waals surface area contributed by atoms with Crippen molar-refractivity contribution < 1.29 is 0 Å². The average molecular weight is 231 g/mol. The van der Waals surface area contributed by atoms with Gasteiger partial charge in [-0.25, -0.2) is 0 Å². The van der Waals surface area contributed by atoms with Crippen molar-refractivity contribution in [2.75, 3.05) is 0 Å². The minimum atomic E-state index is -0.151. The highest BCUT2D eigenvalue weighted by atomic mass is 15.2. The van der Waals surface area contributed by atoms with Crippen molar-refractivity contribution in [1.29, 1.82) is 0 Å². The Bertz CT molecular complexity index is 427. The standard InChI is InChI=1S/C14H21N3/c1-11(2)14(5)7-9-17-8-6-13(3,4)15-10-12(17)16-14/h6-11H,1-5H3. The van der Waals surface area contributed by atoms with Gasteiger partial charge in [0.2, 0.25) is 0 Å². The molecule has 0 saturated heterocycles. The second kappa shape index (κ2) is 3.83. The topological polar surface area (TPSA) is 28.0 Å². The maximum absolute atomic E-state index is 4.82. The van der Waals surface area contributed by atoms with Gasteiger partial charge in [0, 0.05) is 12.4 Å². The summed E-state index contributed by atoms with van der Waals surface area (Å²) in [5, 5.41) is 0. The zero-order valence-corrected chi connectivity index (χ0v) is 11.3. The van der Waals surface area contributed by atoms with Crippen LogP contribution in [-0.4, -0.2) is 28.0 Å². The number of fused-ring (bicyclic) bond motifs is 1. The Morgan fingerprint density at radius 2 is 1.76 bits per heavy atom. The number of aliphatic imine (C=N–C) groups is 2. The summed E-state index contributed by atoms with van der Waals surface area (Å²) < 4.78 is 0. The third-order valence-corrected chi connectivity index (χ3v) is 3.52. The van der Waals surface area contributed by atoms with E-state index in [1.54, 1.807) is 0 Å². The Morgan fingerprint density at radius 1 is 1.12 bits per heavy atom. The van der Waals surface area contributed by atoms with E-state index in [2.05, 4.69) is 58.0 Å². The zero-order chi connectivity index (χ0) is 12.7. The van der Waals surface area contributed by atoms with Gasteiger partial charge in [0.05, 0.1) is 17.3 Å². The van der Waals surface area contributed by atoms with E-state index >= 15 is 0 Å². The van der Waals surface area contributed by atoms with Crippen LogP contribution in [0.1, 0.15) is 34.6 Å². The van der Waals surface area contributed by atoms with Gasteiger partial charge >= 0.3 is 0 Å². The molecule has 2 heterocycles. The fraction of sp³-hybridized carbons (Fsp3) is 0.571.